The zero-order valence-electron chi connectivity index (χ0n) is 16.3. The summed E-state index contributed by atoms with van der Waals surface area (Å²) in [5.41, 5.74) is 2.15. The molecule has 0 radical (unpaired) electrons. The summed E-state index contributed by atoms with van der Waals surface area (Å²) in [6, 6.07) is 0. The van der Waals surface area contributed by atoms with Gasteiger partial charge in [-0.2, -0.15) is 4.98 Å². The van der Waals surface area contributed by atoms with Gasteiger partial charge in [0.25, 0.3) is 0 Å². The van der Waals surface area contributed by atoms with E-state index >= 15 is 0 Å². The van der Waals surface area contributed by atoms with E-state index in [1.54, 1.807) is 0 Å². The van der Waals surface area contributed by atoms with Crippen molar-refractivity contribution in [2.45, 2.75) is 64.4 Å². The number of nitrogens with zero attached hydrogens (tertiary/aromatic N) is 3. The number of likely N-dealkylation sites (N-methyl/N-ethyl adjacent to an activating group) is 1. The Morgan fingerprint density at radius 1 is 1.23 bits per heavy atom. The average Bonchev–Trinajstić information content (AvgIpc) is 2.66. The first-order valence-electron chi connectivity index (χ1n) is 9.85. The molecule has 0 saturated carbocycles. The van der Waals surface area contributed by atoms with E-state index in [1.165, 1.54) is 17.3 Å². The molecule has 2 rings (SSSR count). The second-order valence-corrected chi connectivity index (χ2v) is 7.61. The highest BCUT2D eigenvalue weighted by atomic mass is 32.2. The van der Waals surface area contributed by atoms with Gasteiger partial charge in [-0.05, 0) is 45.2 Å². The lowest BCUT2D eigenvalue weighted by molar-refractivity contribution is -0.118. The molecule has 7 heteroatoms. The van der Waals surface area contributed by atoms with Crippen LogP contribution in [0.25, 0.3) is 0 Å². The van der Waals surface area contributed by atoms with Gasteiger partial charge < -0.3 is 10.2 Å². The molecule has 146 valence electrons. The fourth-order valence-corrected chi connectivity index (χ4v) is 4.24. The Balaban J connectivity index is 2.17. The largest absolute Gasteiger partial charge is 0.355 e. The second-order valence-electron chi connectivity index (χ2n) is 6.65. The van der Waals surface area contributed by atoms with Gasteiger partial charge in [0.1, 0.15) is 5.03 Å². The number of fused-ring (bicyclic) bond motifs is 1. The predicted octanol–water partition coefficient (Wildman–Crippen LogP) is 2.08. The first kappa shape index (κ1) is 21.0. The van der Waals surface area contributed by atoms with Crippen LogP contribution < -0.4 is 11.0 Å². The molecule has 6 nitrogen and oxygen atoms in total. The summed E-state index contributed by atoms with van der Waals surface area (Å²) in [6.07, 6.45) is 5.04. The van der Waals surface area contributed by atoms with Crippen LogP contribution in [0.5, 0.6) is 0 Å². The zero-order chi connectivity index (χ0) is 18.9. The topological polar surface area (TPSA) is 67.2 Å². The van der Waals surface area contributed by atoms with Gasteiger partial charge in [-0.3, -0.25) is 9.36 Å². The monoisotopic (exact) mass is 380 g/mol. The number of rotatable bonds is 10. The van der Waals surface area contributed by atoms with Crippen LogP contribution in [-0.4, -0.2) is 52.3 Å². The van der Waals surface area contributed by atoms with Crippen molar-refractivity contribution in [3.05, 3.63) is 21.7 Å². The van der Waals surface area contributed by atoms with Crippen LogP contribution in [0.15, 0.2) is 9.82 Å². The summed E-state index contributed by atoms with van der Waals surface area (Å²) >= 11 is 1.40. The van der Waals surface area contributed by atoms with Crippen molar-refractivity contribution >= 4 is 17.7 Å². The number of carbonyl (C=O) groups excluding carboxylic acids is 1. The van der Waals surface area contributed by atoms with Gasteiger partial charge in [0.2, 0.25) is 5.91 Å². The number of hydrogen-bond acceptors (Lipinski definition) is 5. The molecule has 1 aliphatic carbocycles. The maximum atomic E-state index is 12.6. The quantitative estimate of drug-likeness (QED) is 0.497. The number of carbonyl (C=O) groups is 1. The van der Waals surface area contributed by atoms with Crippen molar-refractivity contribution in [2.24, 2.45) is 0 Å². The van der Waals surface area contributed by atoms with E-state index in [0.29, 0.717) is 18.8 Å². The summed E-state index contributed by atoms with van der Waals surface area (Å²) in [7, 11) is 0. The van der Waals surface area contributed by atoms with Crippen molar-refractivity contribution in [1.82, 2.24) is 19.8 Å². The van der Waals surface area contributed by atoms with Gasteiger partial charge in [-0.15, -0.1) is 0 Å². The standard InChI is InChI=1S/C19H32N4O2S/c1-4-11-20-17(24)14-26-18-15-9-7-8-10-16(15)23(19(25)21-18)13-12-22(5-2)6-3/h4-14H2,1-3H3,(H,20,24). The summed E-state index contributed by atoms with van der Waals surface area (Å²) in [5.74, 6) is 0.330. The van der Waals surface area contributed by atoms with Crippen molar-refractivity contribution < 1.29 is 4.79 Å². The van der Waals surface area contributed by atoms with Crippen LogP contribution >= 0.6 is 11.8 Å². The maximum absolute atomic E-state index is 12.6. The molecule has 1 aliphatic rings. The molecule has 1 aromatic rings. The molecule has 1 aromatic heterocycles. The summed E-state index contributed by atoms with van der Waals surface area (Å²) in [5, 5.41) is 3.64. The highest BCUT2D eigenvalue weighted by Crippen LogP contribution is 2.28. The smallest absolute Gasteiger partial charge is 0.348 e. The van der Waals surface area contributed by atoms with Gasteiger partial charge in [-0.25, -0.2) is 4.79 Å². The van der Waals surface area contributed by atoms with Crippen molar-refractivity contribution in [2.75, 3.05) is 31.9 Å². The third-order valence-electron chi connectivity index (χ3n) is 4.90. The zero-order valence-corrected chi connectivity index (χ0v) is 17.2. The first-order valence-corrected chi connectivity index (χ1v) is 10.8. The molecule has 1 heterocycles. The molecule has 0 aromatic carbocycles. The lowest BCUT2D eigenvalue weighted by atomic mass is 9.97. The fraction of sp³-hybridized carbons (Fsp3) is 0.737. The Bertz CT molecular complexity index is 656. The lowest BCUT2D eigenvalue weighted by Gasteiger charge is -2.24. The third-order valence-corrected chi connectivity index (χ3v) is 5.91. The SMILES string of the molecule is CCCNC(=O)CSc1nc(=O)n(CCN(CC)CC)c2c1CCCC2. The van der Waals surface area contributed by atoms with Crippen LogP contribution in [0.3, 0.4) is 0 Å². The van der Waals surface area contributed by atoms with Crippen LogP contribution in [0.4, 0.5) is 0 Å². The van der Waals surface area contributed by atoms with Crippen LogP contribution in [0.2, 0.25) is 0 Å². The van der Waals surface area contributed by atoms with E-state index in [2.05, 4.69) is 29.0 Å². The van der Waals surface area contributed by atoms with Gasteiger partial charge in [-0.1, -0.05) is 32.5 Å². The van der Waals surface area contributed by atoms with Crippen molar-refractivity contribution in [1.29, 1.82) is 0 Å². The van der Waals surface area contributed by atoms with Crippen molar-refractivity contribution in [3.8, 4) is 0 Å². The Morgan fingerprint density at radius 2 is 1.96 bits per heavy atom. The van der Waals surface area contributed by atoms with E-state index < -0.39 is 0 Å². The van der Waals surface area contributed by atoms with E-state index in [0.717, 1.165) is 62.5 Å². The minimum absolute atomic E-state index is 0.00826. The highest BCUT2D eigenvalue weighted by Gasteiger charge is 2.21. The van der Waals surface area contributed by atoms with Crippen LogP contribution in [-0.2, 0) is 24.2 Å². The number of aromatic nitrogens is 2. The molecule has 0 unspecified atom stereocenters. The Hall–Kier alpha value is -1.34. The van der Waals surface area contributed by atoms with Gasteiger partial charge in [0.05, 0.1) is 5.75 Å². The van der Waals surface area contributed by atoms with E-state index in [9.17, 15) is 9.59 Å². The normalized spacial score (nSPS) is 13.7. The minimum Gasteiger partial charge on any atom is -0.355 e. The Morgan fingerprint density at radius 3 is 2.65 bits per heavy atom. The number of thioether (sulfide) groups is 1. The van der Waals surface area contributed by atoms with Gasteiger partial charge in [0.15, 0.2) is 0 Å². The predicted molar refractivity (Wildman–Crippen MR) is 107 cm³/mol. The summed E-state index contributed by atoms with van der Waals surface area (Å²) in [6.45, 7) is 10.5. The van der Waals surface area contributed by atoms with Gasteiger partial charge >= 0.3 is 5.69 Å². The number of amides is 1. The second kappa shape index (κ2) is 10.7. The molecule has 1 N–H and O–H groups in total. The molecule has 0 saturated heterocycles. The molecule has 0 spiro atoms. The third kappa shape index (κ3) is 5.58. The molecule has 0 bridgehead atoms. The molecule has 0 fully saturated rings. The molecule has 26 heavy (non-hydrogen) atoms. The highest BCUT2D eigenvalue weighted by molar-refractivity contribution is 7.99. The minimum atomic E-state index is -0.172. The van der Waals surface area contributed by atoms with E-state index in [1.807, 2.05) is 11.5 Å². The Labute approximate surface area is 160 Å². The first-order chi connectivity index (χ1) is 12.6. The van der Waals surface area contributed by atoms with E-state index in [4.69, 9.17) is 0 Å². The summed E-state index contributed by atoms with van der Waals surface area (Å²) in [4.78, 5) is 31.2. The molecular weight excluding hydrogens is 348 g/mol. The Kier molecular flexibility index (Phi) is 8.65. The number of hydrogen-bond donors (Lipinski definition) is 1. The molecule has 0 aliphatic heterocycles. The van der Waals surface area contributed by atoms with Crippen LogP contribution in [0, 0.1) is 0 Å². The summed E-state index contributed by atoms with van der Waals surface area (Å²) < 4.78 is 1.87. The fourth-order valence-electron chi connectivity index (χ4n) is 3.33. The maximum Gasteiger partial charge on any atom is 0.348 e. The van der Waals surface area contributed by atoms with Gasteiger partial charge in [0, 0.05) is 30.9 Å². The van der Waals surface area contributed by atoms with Crippen LogP contribution in [0.1, 0.15) is 51.3 Å². The number of nitrogens with one attached hydrogen (secondary N) is 1. The molecule has 1 amide bonds. The lowest BCUT2D eigenvalue weighted by Crippen LogP contribution is -2.35. The molecule has 0 atom stereocenters. The average molecular weight is 381 g/mol. The van der Waals surface area contributed by atoms with Crippen molar-refractivity contribution in [3.63, 3.8) is 0 Å². The molecular formula is C19H32N4O2S. The van der Waals surface area contributed by atoms with E-state index in [-0.39, 0.29) is 11.6 Å².